The van der Waals surface area contributed by atoms with Crippen molar-refractivity contribution in [3.8, 4) is 0 Å². The van der Waals surface area contributed by atoms with E-state index in [4.69, 9.17) is 0 Å². The summed E-state index contributed by atoms with van der Waals surface area (Å²) in [7, 11) is 0. The van der Waals surface area contributed by atoms with Crippen molar-refractivity contribution in [3.05, 3.63) is 0 Å². The molecule has 2 fully saturated rings. The van der Waals surface area contributed by atoms with E-state index in [0.717, 1.165) is 18.8 Å². The number of nitrogens with zero attached hydrogens (tertiary/aromatic N) is 1. The molecule has 0 bridgehead atoms. The molecule has 82 valence electrons. The molecule has 0 aromatic carbocycles. The van der Waals surface area contributed by atoms with Crippen LogP contribution >= 0.6 is 0 Å². The van der Waals surface area contributed by atoms with Crippen LogP contribution in [0.4, 0.5) is 0 Å². The first kappa shape index (κ1) is 14.6. The van der Waals surface area contributed by atoms with E-state index in [9.17, 15) is 5.11 Å². The average molecular weight is 235 g/mol. The predicted octanol–water partition coefficient (Wildman–Crippen LogP) is -1.75. The number of hydrogen-bond donors (Lipinski definition) is 0. The maximum Gasteiger partial charge on any atom is 1.00 e. The van der Waals surface area contributed by atoms with Crippen LogP contribution in [0, 0.1) is 11.3 Å². The van der Waals surface area contributed by atoms with Crippen molar-refractivity contribution >= 4 is 0 Å². The molecule has 0 amide bonds. The van der Waals surface area contributed by atoms with Gasteiger partial charge in [-0.15, -0.1) is 6.10 Å². The molecule has 2 nitrogen and oxygen atoms in total. The Hall–Kier alpha value is 1.56. The van der Waals surface area contributed by atoms with Crippen molar-refractivity contribution in [2.75, 3.05) is 19.6 Å². The zero-order valence-electron chi connectivity index (χ0n) is 10.5. The summed E-state index contributed by atoms with van der Waals surface area (Å²) in [5.74, 6) is 0.776. The fourth-order valence-corrected chi connectivity index (χ4v) is 3.04. The number of piperidine rings is 1. The molecule has 1 spiro atoms. The molecule has 1 saturated heterocycles. The summed E-state index contributed by atoms with van der Waals surface area (Å²) in [6.45, 7) is 8.25. The third-order valence-corrected chi connectivity index (χ3v) is 3.86. The van der Waals surface area contributed by atoms with Gasteiger partial charge < -0.3 is 10.0 Å². The topological polar surface area (TPSA) is 26.3 Å². The second kappa shape index (κ2) is 5.94. The molecule has 1 aliphatic carbocycles. The molecular weight excluding hydrogens is 213 g/mol. The van der Waals surface area contributed by atoms with Gasteiger partial charge in [0.1, 0.15) is 0 Å². The Morgan fingerprint density at radius 3 is 2.20 bits per heavy atom. The van der Waals surface area contributed by atoms with E-state index in [2.05, 4.69) is 18.7 Å². The van der Waals surface area contributed by atoms with E-state index in [1.165, 1.54) is 32.5 Å². The molecule has 1 aliphatic heterocycles. The van der Waals surface area contributed by atoms with E-state index in [1.54, 1.807) is 0 Å². The Labute approximate surface area is 136 Å². The van der Waals surface area contributed by atoms with Gasteiger partial charge in [0.15, 0.2) is 0 Å². The van der Waals surface area contributed by atoms with Gasteiger partial charge in [-0.2, -0.15) is 0 Å². The normalized spacial score (nSPS) is 26.4. The van der Waals surface area contributed by atoms with E-state index in [1.807, 2.05) is 0 Å². The molecule has 3 heteroatoms. The van der Waals surface area contributed by atoms with Crippen molar-refractivity contribution in [2.45, 2.75) is 45.6 Å². The van der Waals surface area contributed by atoms with Gasteiger partial charge >= 0.3 is 51.4 Å². The molecule has 2 aliphatic rings. The first-order chi connectivity index (χ1) is 6.60. The van der Waals surface area contributed by atoms with Crippen LogP contribution in [-0.2, 0) is 0 Å². The molecule has 2 rings (SSSR count). The number of rotatable bonds is 2. The van der Waals surface area contributed by atoms with Gasteiger partial charge in [-0.3, -0.25) is 0 Å². The molecular formula is C12H22KNO. The van der Waals surface area contributed by atoms with Crippen molar-refractivity contribution in [1.29, 1.82) is 0 Å². The van der Waals surface area contributed by atoms with Crippen LogP contribution in [0.3, 0.4) is 0 Å². The second-order valence-electron chi connectivity index (χ2n) is 5.72. The van der Waals surface area contributed by atoms with Crippen LogP contribution < -0.4 is 56.5 Å². The second-order valence-corrected chi connectivity index (χ2v) is 5.72. The van der Waals surface area contributed by atoms with Crippen molar-refractivity contribution in [1.82, 2.24) is 4.90 Å². The zero-order valence-corrected chi connectivity index (χ0v) is 13.6. The summed E-state index contributed by atoms with van der Waals surface area (Å²) in [4.78, 5) is 2.56. The van der Waals surface area contributed by atoms with E-state index in [0.29, 0.717) is 5.41 Å². The van der Waals surface area contributed by atoms with Crippen LogP contribution in [0.2, 0.25) is 0 Å². The molecule has 0 atom stereocenters. The van der Waals surface area contributed by atoms with Gasteiger partial charge in [-0.25, -0.2) is 0 Å². The van der Waals surface area contributed by atoms with Crippen LogP contribution in [0.1, 0.15) is 39.5 Å². The van der Waals surface area contributed by atoms with Gasteiger partial charge in [-0.05, 0) is 37.3 Å². The van der Waals surface area contributed by atoms with Gasteiger partial charge in [0, 0.05) is 6.54 Å². The van der Waals surface area contributed by atoms with E-state index in [-0.39, 0.29) is 57.5 Å². The third-order valence-electron chi connectivity index (χ3n) is 3.86. The van der Waals surface area contributed by atoms with Crippen LogP contribution in [0.15, 0.2) is 0 Å². The summed E-state index contributed by atoms with van der Waals surface area (Å²) in [6.07, 6.45) is 4.24. The number of hydrogen-bond acceptors (Lipinski definition) is 2. The monoisotopic (exact) mass is 235 g/mol. The van der Waals surface area contributed by atoms with Crippen LogP contribution in [-0.4, -0.2) is 30.6 Å². The SMILES string of the molecule is CC(C)CN1CCC2(CC1)CC([O-])C2.[K+]. The van der Waals surface area contributed by atoms with Gasteiger partial charge in [0.05, 0.1) is 0 Å². The Morgan fingerprint density at radius 1 is 1.27 bits per heavy atom. The zero-order chi connectivity index (χ0) is 10.2. The quantitative estimate of drug-likeness (QED) is 0.531. The third kappa shape index (κ3) is 3.76. The van der Waals surface area contributed by atoms with Crippen LogP contribution in [0.5, 0.6) is 0 Å². The largest absolute Gasteiger partial charge is 1.00 e. The Bertz CT molecular complexity index is 192. The molecule has 1 heterocycles. The molecule has 0 aromatic rings. The first-order valence-corrected chi connectivity index (χ1v) is 5.98. The van der Waals surface area contributed by atoms with Gasteiger partial charge in [0.25, 0.3) is 0 Å². The maximum atomic E-state index is 11.1. The molecule has 0 aromatic heterocycles. The van der Waals surface area contributed by atoms with Crippen LogP contribution in [0.25, 0.3) is 0 Å². The standard InChI is InChI=1S/C12H22NO.K/c1-10(2)9-13-5-3-12(4-6-13)7-11(14)8-12;/h10-11H,3-9H2,1-2H3;/q-1;+1. The maximum absolute atomic E-state index is 11.1. The summed E-state index contributed by atoms with van der Waals surface area (Å²) < 4.78 is 0. The number of likely N-dealkylation sites (tertiary alicyclic amines) is 1. The Kier molecular flexibility index (Phi) is 5.79. The first-order valence-electron chi connectivity index (χ1n) is 5.98. The summed E-state index contributed by atoms with van der Waals surface area (Å²) in [5, 5.41) is 11.1. The fourth-order valence-electron chi connectivity index (χ4n) is 3.04. The summed E-state index contributed by atoms with van der Waals surface area (Å²) in [6, 6.07) is 0. The van der Waals surface area contributed by atoms with Crippen molar-refractivity contribution in [2.24, 2.45) is 11.3 Å². The average Bonchev–Trinajstić information content (AvgIpc) is 2.05. The molecule has 15 heavy (non-hydrogen) atoms. The molecule has 1 saturated carbocycles. The Morgan fingerprint density at radius 2 is 1.80 bits per heavy atom. The smallest absolute Gasteiger partial charge is 0.852 e. The fraction of sp³-hybridized carbons (Fsp3) is 1.00. The summed E-state index contributed by atoms with van der Waals surface area (Å²) in [5.41, 5.74) is 0.486. The minimum atomic E-state index is -0.230. The molecule has 0 radical (unpaired) electrons. The van der Waals surface area contributed by atoms with Gasteiger partial charge in [0.2, 0.25) is 0 Å². The summed E-state index contributed by atoms with van der Waals surface area (Å²) >= 11 is 0. The van der Waals surface area contributed by atoms with E-state index < -0.39 is 0 Å². The van der Waals surface area contributed by atoms with Gasteiger partial charge in [-0.1, -0.05) is 26.7 Å². The predicted molar refractivity (Wildman–Crippen MR) is 56.0 cm³/mol. The minimum absolute atomic E-state index is 0. The molecule has 0 unspecified atom stereocenters. The van der Waals surface area contributed by atoms with Crippen molar-refractivity contribution in [3.63, 3.8) is 0 Å². The molecule has 0 N–H and O–H groups in total. The minimum Gasteiger partial charge on any atom is -0.852 e. The van der Waals surface area contributed by atoms with E-state index >= 15 is 0 Å². The van der Waals surface area contributed by atoms with Crippen molar-refractivity contribution < 1.29 is 56.5 Å². The Balaban J connectivity index is 0.00000112.